The first-order valence-electron chi connectivity index (χ1n) is 7.59. The van der Waals surface area contributed by atoms with Crippen LogP contribution in [0, 0.1) is 5.92 Å². The first-order chi connectivity index (χ1) is 10.6. The van der Waals surface area contributed by atoms with E-state index in [1.54, 1.807) is 23.1 Å². The lowest BCUT2D eigenvalue weighted by Gasteiger charge is -2.30. The Labute approximate surface area is 129 Å². The van der Waals surface area contributed by atoms with Gasteiger partial charge in [-0.3, -0.25) is 9.59 Å². The quantitative estimate of drug-likeness (QED) is 0.867. The van der Waals surface area contributed by atoms with Crippen LogP contribution in [0.25, 0.3) is 0 Å². The van der Waals surface area contributed by atoms with Crippen molar-refractivity contribution in [3.8, 4) is 11.5 Å². The third kappa shape index (κ3) is 3.32. The number of nitrogens with one attached hydrogen (secondary N) is 1. The van der Waals surface area contributed by atoms with Crippen LogP contribution in [0.4, 0.5) is 5.69 Å². The van der Waals surface area contributed by atoms with E-state index in [4.69, 9.17) is 9.47 Å². The van der Waals surface area contributed by atoms with Crippen molar-refractivity contribution in [1.82, 2.24) is 4.90 Å². The predicted octanol–water partition coefficient (Wildman–Crippen LogP) is 2.00. The molecule has 1 atom stereocenters. The minimum absolute atomic E-state index is 0.107. The highest BCUT2D eigenvalue weighted by Gasteiger charge is 2.23. The third-order valence-electron chi connectivity index (χ3n) is 3.98. The second-order valence-corrected chi connectivity index (χ2v) is 5.88. The van der Waals surface area contributed by atoms with Gasteiger partial charge in [0, 0.05) is 24.8 Å². The van der Waals surface area contributed by atoms with Crippen molar-refractivity contribution >= 4 is 17.5 Å². The molecule has 2 aliphatic rings. The molecule has 3 rings (SSSR count). The number of fused-ring (bicyclic) bond motifs is 1. The minimum atomic E-state index is -0.304. The molecule has 1 unspecified atom stereocenters. The molecule has 1 saturated heterocycles. The number of hydrogen-bond acceptors (Lipinski definition) is 4. The molecule has 1 aromatic carbocycles. The standard InChI is InChI=1S/C16H20N2O4/c1-11-3-2-6-18(9-11)16(20)8-15(19)17-12-4-5-13-14(7-12)22-10-21-13/h4-5,7,11H,2-3,6,8-10H2,1H3,(H,17,19). The fourth-order valence-corrected chi connectivity index (χ4v) is 2.84. The van der Waals surface area contributed by atoms with Gasteiger partial charge in [0.05, 0.1) is 0 Å². The van der Waals surface area contributed by atoms with Gasteiger partial charge in [-0.25, -0.2) is 0 Å². The van der Waals surface area contributed by atoms with Gasteiger partial charge >= 0.3 is 0 Å². The van der Waals surface area contributed by atoms with E-state index in [0.717, 1.165) is 25.9 Å². The number of benzene rings is 1. The molecule has 6 nitrogen and oxygen atoms in total. The highest BCUT2D eigenvalue weighted by atomic mass is 16.7. The monoisotopic (exact) mass is 304 g/mol. The summed E-state index contributed by atoms with van der Waals surface area (Å²) in [6.45, 7) is 3.82. The number of ether oxygens (including phenoxy) is 2. The van der Waals surface area contributed by atoms with Gasteiger partial charge in [-0.1, -0.05) is 6.92 Å². The Hall–Kier alpha value is -2.24. The van der Waals surface area contributed by atoms with Crippen LogP contribution in [0.5, 0.6) is 11.5 Å². The van der Waals surface area contributed by atoms with E-state index in [2.05, 4.69) is 12.2 Å². The van der Waals surface area contributed by atoms with Crippen molar-refractivity contribution in [2.45, 2.75) is 26.2 Å². The molecule has 2 heterocycles. The largest absolute Gasteiger partial charge is 0.454 e. The minimum Gasteiger partial charge on any atom is -0.454 e. The molecule has 118 valence electrons. The van der Waals surface area contributed by atoms with Gasteiger partial charge in [-0.15, -0.1) is 0 Å². The van der Waals surface area contributed by atoms with Gasteiger partial charge in [0.1, 0.15) is 6.42 Å². The van der Waals surface area contributed by atoms with Crippen LogP contribution < -0.4 is 14.8 Å². The Morgan fingerprint density at radius 1 is 1.32 bits per heavy atom. The summed E-state index contributed by atoms with van der Waals surface area (Å²) in [5.41, 5.74) is 0.606. The maximum atomic E-state index is 12.2. The van der Waals surface area contributed by atoms with Crippen LogP contribution in [-0.2, 0) is 9.59 Å². The average Bonchev–Trinajstić information content (AvgIpc) is 2.94. The molecule has 0 aromatic heterocycles. The van der Waals surface area contributed by atoms with Gasteiger partial charge < -0.3 is 19.7 Å². The Kier molecular flexibility index (Phi) is 4.18. The van der Waals surface area contributed by atoms with Crippen molar-refractivity contribution in [2.24, 2.45) is 5.92 Å². The van der Waals surface area contributed by atoms with E-state index in [1.807, 2.05) is 0 Å². The Morgan fingerprint density at radius 2 is 2.14 bits per heavy atom. The van der Waals surface area contributed by atoms with Crippen molar-refractivity contribution in [1.29, 1.82) is 0 Å². The average molecular weight is 304 g/mol. The Morgan fingerprint density at radius 3 is 2.95 bits per heavy atom. The van der Waals surface area contributed by atoms with Crippen LogP contribution in [0.15, 0.2) is 18.2 Å². The summed E-state index contributed by atoms with van der Waals surface area (Å²) in [4.78, 5) is 26.0. The van der Waals surface area contributed by atoms with Crippen molar-refractivity contribution in [3.63, 3.8) is 0 Å². The highest BCUT2D eigenvalue weighted by molar-refractivity contribution is 6.03. The topological polar surface area (TPSA) is 67.9 Å². The first-order valence-corrected chi connectivity index (χ1v) is 7.59. The molecule has 0 aliphatic carbocycles. The maximum absolute atomic E-state index is 12.2. The first kappa shape index (κ1) is 14.7. The van der Waals surface area contributed by atoms with E-state index >= 15 is 0 Å². The summed E-state index contributed by atoms with van der Waals surface area (Å²) < 4.78 is 10.5. The van der Waals surface area contributed by atoms with Gasteiger partial charge in [0.15, 0.2) is 11.5 Å². The van der Waals surface area contributed by atoms with Gasteiger partial charge in [-0.05, 0) is 30.9 Å². The molecular formula is C16H20N2O4. The second kappa shape index (κ2) is 6.25. The lowest BCUT2D eigenvalue weighted by atomic mass is 10.00. The van der Waals surface area contributed by atoms with E-state index in [-0.39, 0.29) is 25.0 Å². The van der Waals surface area contributed by atoms with Crippen LogP contribution >= 0.6 is 0 Å². The van der Waals surface area contributed by atoms with Crippen molar-refractivity contribution < 1.29 is 19.1 Å². The number of nitrogens with zero attached hydrogens (tertiary/aromatic N) is 1. The van der Waals surface area contributed by atoms with Crippen molar-refractivity contribution in [2.75, 3.05) is 25.2 Å². The van der Waals surface area contributed by atoms with Crippen LogP contribution in [0.3, 0.4) is 0 Å². The molecule has 2 amide bonds. The van der Waals surface area contributed by atoms with Gasteiger partial charge in [0.25, 0.3) is 0 Å². The van der Waals surface area contributed by atoms with Crippen LogP contribution in [0.2, 0.25) is 0 Å². The van der Waals surface area contributed by atoms with Crippen molar-refractivity contribution in [3.05, 3.63) is 18.2 Å². The zero-order valence-electron chi connectivity index (χ0n) is 12.6. The summed E-state index contributed by atoms with van der Waals surface area (Å²) >= 11 is 0. The highest BCUT2D eigenvalue weighted by Crippen LogP contribution is 2.34. The normalized spacial score (nSPS) is 19.9. The second-order valence-electron chi connectivity index (χ2n) is 5.88. The number of piperidine rings is 1. The molecule has 2 aliphatic heterocycles. The number of hydrogen-bond donors (Lipinski definition) is 1. The zero-order valence-corrected chi connectivity index (χ0v) is 12.6. The number of amides is 2. The Balaban J connectivity index is 1.54. The molecule has 0 bridgehead atoms. The number of carbonyl (C=O) groups is 2. The van der Waals surface area contributed by atoms with Crippen LogP contribution in [-0.4, -0.2) is 36.6 Å². The van der Waals surface area contributed by atoms with E-state index in [9.17, 15) is 9.59 Å². The van der Waals surface area contributed by atoms with E-state index in [1.165, 1.54) is 0 Å². The molecule has 22 heavy (non-hydrogen) atoms. The molecule has 1 fully saturated rings. The molecular weight excluding hydrogens is 284 g/mol. The molecule has 1 N–H and O–H groups in total. The maximum Gasteiger partial charge on any atom is 0.233 e. The summed E-state index contributed by atoms with van der Waals surface area (Å²) in [5.74, 6) is 1.37. The van der Waals surface area contributed by atoms with Gasteiger partial charge in [-0.2, -0.15) is 0 Å². The summed E-state index contributed by atoms with van der Waals surface area (Å²) in [7, 11) is 0. The molecule has 0 spiro atoms. The number of anilines is 1. The lowest BCUT2D eigenvalue weighted by Crippen LogP contribution is -2.40. The molecule has 0 saturated carbocycles. The SMILES string of the molecule is CC1CCCN(C(=O)CC(=O)Nc2ccc3c(c2)OCO3)C1. The summed E-state index contributed by atoms with van der Waals surface area (Å²) in [6.07, 6.45) is 2.03. The predicted molar refractivity (Wildman–Crippen MR) is 80.8 cm³/mol. The number of carbonyl (C=O) groups excluding carboxylic acids is 2. The van der Waals surface area contributed by atoms with E-state index < -0.39 is 0 Å². The number of rotatable bonds is 3. The fourth-order valence-electron chi connectivity index (χ4n) is 2.84. The lowest BCUT2D eigenvalue weighted by molar-refractivity contribution is -0.136. The number of likely N-dealkylation sites (tertiary alicyclic amines) is 1. The summed E-state index contributed by atoms with van der Waals surface area (Å²) in [6, 6.07) is 5.18. The van der Waals surface area contributed by atoms with Gasteiger partial charge in [0.2, 0.25) is 18.6 Å². The van der Waals surface area contributed by atoms with E-state index in [0.29, 0.717) is 23.1 Å². The van der Waals surface area contributed by atoms with Crippen LogP contribution in [0.1, 0.15) is 26.2 Å². The molecule has 1 aromatic rings. The smallest absolute Gasteiger partial charge is 0.233 e. The third-order valence-corrected chi connectivity index (χ3v) is 3.98. The molecule has 6 heteroatoms. The zero-order chi connectivity index (χ0) is 15.5. The fraction of sp³-hybridized carbons (Fsp3) is 0.500. The Bertz CT molecular complexity index is 588. The molecule has 0 radical (unpaired) electrons. The summed E-state index contributed by atoms with van der Waals surface area (Å²) in [5, 5.41) is 2.73.